The fourth-order valence-corrected chi connectivity index (χ4v) is 2.00. The van der Waals surface area contributed by atoms with Gasteiger partial charge in [-0.15, -0.1) is 12.4 Å². The van der Waals surface area contributed by atoms with Crippen molar-refractivity contribution < 1.29 is 14.3 Å². The van der Waals surface area contributed by atoms with Crippen LogP contribution in [-0.2, 0) is 9.53 Å². The highest BCUT2D eigenvalue weighted by atomic mass is 35.5. The minimum Gasteiger partial charge on any atom is -0.378 e. The predicted octanol–water partition coefficient (Wildman–Crippen LogP) is 1.63. The van der Waals surface area contributed by atoms with Crippen molar-refractivity contribution in [1.29, 1.82) is 0 Å². The van der Waals surface area contributed by atoms with Crippen molar-refractivity contribution in [2.75, 3.05) is 25.1 Å². The molecule has 1 atom stereocenters. The average molecular weight is 299 g/mol. The summed E-state index contributed by atoms with van der Waals surface area (Å²) in [6.07, 6.45) is 0.365. The Hall–Kier alpha value is -1.43. The molecule has 1 aromatic rings. The number of carbonyl (C=O) groups excluding carboxylic acids is 2. The van der Waals surface area contributed by atoms with Gasteiger partial charge in [-0.3, -0.25) is 9.59 Å². The zero-order chi connectivity index (χ0) is 13.7. The number of anilines is 1. The third-order valence-corrected chi connectivity index (χ3v) is 2.98. The lowest BCUT2D eigenvalue weighted by Crippen LogP contribution is -2.43. The summed E-state index contributed by atoms with van der Waals surface area (Å²) in [5.41, 5.74) is 1.24. The molecule has 0 saturated carbocycles. The van der Waals surface area contributed by atoms with Gasteiger partial charge in [-0.25, -0.2) is 0 Å². The van der Waals surface area contributed by atoms with Crippen molar-refractivity contribution in [3.05, 3.63) is 29.8 Å². The molecular formula is C14H19ClN2O3. The first-order valence-corrected chi connectivity index (χ1v) is 6.37. The Balaban J connectivity index is 0.00000200. The minimum atomic E-state index is -0.0799. The van der Waals surface area contributed by atoms with Gasteiger partial charge in [0.05, 0.1) is 13.2 Å². The molecule has 2 rings (SSSR count). The maximum absolute atomic E-state index is 11.9. The van der Waals surface area contributed by atoms with E-state index in [4.69, 9.17) is 4.74 Å². The highest BCUT2D eigenvalue weighted by molar-refractivity contribution is 5.97. The van der Waals surface area contributed by atoms with Crippen LogP contribution in [0.3, 0.4) is 0 Å². The number of rotatable bonds is 4. The molecule has 1 aliphatic rings. The average Bonchev–Trinajstić information content (AvgIpc) is 2.40. The SMILES string of the molecule is CC(=O)c1cccc(NC(=O)CC2COCCN2)c1.Cl. The summed E-state index contributed by atoms with van der Waals surface area (Å²) in [5, 5.41) is 6.02. The second-order valence-corrected chi connectivity index (χ2v) is 4.62. The summed E-state index contributed by atoms with van der Waals surface area (Å²) < 4.78 is 5.30. The summed E-state index contributed by atoms with van der Waals surface area (Å²) in [6.45, 7) is 3.53. The van der Waals surface area contributed by atoms with Gasteiger partial charge in [0.25, 0.3) is 0 Å². The third kappa shape index (κ3) is 4.92. The first kappa shape index (κ1) is 16.6. The highest BCUT2D eigenvalue weighted by Crippen LogP contribution is 2.12. The van der Waals surface area contributed by atoms with Gasteiger partial charge in [-0.05, 0) is 19.1 Å². The number of morpholine rings is 1. The molecular weight excluding hydrogens is 280 g/mol. The Kier molecular flexibility index (Phi) is 6.64. The predicted molar refractivity (Wildman–Crippen MR) is 79.6 cm³/mol. The standard InChI is InChI=1S/C14H18N2O3.ClH/c1-10(17)11-3-2-4-12(7-11)16-14(18)8-13-9-19-6-5-15-13;/h2-4,7,13,15H,5-6,8-9H2,1H3,(H,16,18);1H. The van der Waals surface area contributed by atoms with Crippen LogP contribution in [0.15, 0.2) is 24.3 Å². The molecule has 110 valence electrons. The molecule has 5 nitrogen and oxygen atoms in total. The van der Waals surface area contributed by atoms with E-state index >= 15 is 0 Å². The van der Waals surface area contributed by atoms with Crippen LogP contribution in [0.5, 0.6) is 0 Å². The topological polar surface area (TPSA) is 67.4 Å². The highest BCUT2D eigenvalue weighted by Gasteiger charge is 2.16. The van der Waals surface area contributed by atoms with Crippen molar-refractivity contribution >= 4 is 29.8 Å². The molecule has 0 aliphatic carbocycles. The van der Waals surface area contributed by atoms with Crippen molar-refractivity contribution in [1.82, 2.24) is 5.32 Å². The number of Topliss-reactive ketones (excluding diaryl/α,β-unsaturated/α-hetero) is 1. The zero-order valence-electron chi connectivity index (χ0n) is 11.3. The Morgan fingerprint density at radius 1 is 1.45 bits per heavy atom. The van der Waals surface area contributed by atoms with Crippen LogP contribution in [0, 0.1) is 0 Å². The molecule has 1 aromatic carbocycles. The van der Waals surface area contributed by atoms with E-state index in [1.807, 2.05) is 0 Å². The Labute approximate surface area is 124 Å². The second-order valence-electron chi connectivity index (χ2n) is 4.62. The Morgan fingerprint density at radius 2 is 2.25 bits per heavy atom. The number of nitrogens with one attached hydrogen (secondary N) is 2. The number of ether oxygens (including phenoxy) is 1. The first-order chi connectivity index (χ1) is 9.15. The van der Waals surface area contributed by atoms with E-state index in [0.29, 0.717) is 30.9 Å². The van der Waals surface area contributed by atoms with Crippen LogP contribution in [0.2, 0.25) is 0 Å². The largest absolute Gasteiger partial charge is 0.378 e. The minimum absolute atomic E-state index is 0. The lowest BCUT2D eigenvalue weighted by Gasteiger charge is -2.23. The van der Waals surface area contributed by atoms with E-state index in [2.05, 4.69) is 10.6 Å². The number of halogens is 1. The van der Waals surface area contributed by atoms with Crippen LogP contribution < -0.4 is 10.6 Å². The third-order valence-electron chi connectivity index (χ3n) is 2.98. The van der Waals surface area contributed by atoms with Crippen molar-refractivity contribution in [2.24, 2.45) is 0 Å². The number of ketones is 1. The van der Waals surface area contributed by atoms with Gasteiger partial charge < -0.3 is 15.4 Å². The monoisotopic (exact) mass is 298 g/mol. The van der Waals surface area contributed by atoms with Gasteiger partial charge in [0, 0.05) is 30.3 Å². The fraction of sp³-hybridized carbons (Fsp3) is 0.429. The van der Waals surface area contributed by atoms with E-state index in [-0.39, 0.29) is 30.1 Å². The summed E-state index contributed by atoms with van der Waals surface area (Å²) in [7, 11) is 0. The quantitative estimate of drug-likeness (QED) is 0.829. The molecule has 1 saturated heterocycles. The molecule has 1 unspecified atom stereocenters. The molecule has 0 bridgehead atoms. The summed E-state index contributed by atoms with van der Waals surface area (Å²) in [4.78, 5) is 23.1. The van der Waals surface area contributed by atoms with E-state index in [9.17, 15) is 9.59 Å². The number of benzene rings is 1. The van der Waals surface area contributed by atoms with Crippen molar-refractivity contribution in [3.8, 4) is 0 Å². The normalized spacial score (nSPS) is 17.9. The molecule has 1 heterocycles. The van der Waals surface area contributed by atoms with E-state index < -0.39 is 0 Å². The van der Waals surface area contributed by atoms with Gasteiger partial charge in [-0.1, -0.05) is 12.1 Å². The molecule has 1 amide bonds. The van der Waals surface area contributed by atoms with Crippen LogP contribution >= 0.6 is 12.4 Å². The first-order valence-electron chi connectivity index (χ1n) is 6.37. The molecule has 1 aliphatic heterocycles. The Morgan fingerprint density at radius 3 is 2.90 bits per heavy atom. The molecule has 0 spiro atoms. The second kappa shape index (κ2) is 7.99. The molecule has 0 radical (unpaired) electrons. The number of amides is 1. The van der Waals surface area contributed by atoms with Crippen LogP contribution in [-0.4, -0.2) is 37.5 Å². The van der Waals surface area contributed by atoms with E-state index in [1.54, 1.807) is 24.3 Å². The number of hydrogen-bond acceptors (Lipinski definition) is 4. The number of hydrogen-bond donors (Lipinski definition) is 2. The smallest absolute Gasteiger partial charge is 0.226 e. The summed E-state index contributed by atoms with van der Waals surface area (Å²) in [5.74, 6) is -0.0952. The van der Waals surface area contributed by atoms with Crippen LogP contribution in [0.4, 0.5) is 5.69 Å². The van der Waals surface area contributed by atoms with Gasteiger partial charge in [-0.2, -0.15) is 0 Å². The molecule has 2 N–H and O–H groups in total. The molecule has 0 aromatic heterocycles. The van der Waals surface area contributed by atoms with Gasteiger partial charge >= 0.3 is 0 Å². The summed E-state index contributed by atoms with van der Waals surface area (Å²) >= 11 is 0. The van der Waals surface area contributed by atoms with Gasteiger partial charge in [0.15, 0.2) is 5.78 Å². The fourth-order valence-electron chi connectivity index (χ4n) is 2.00. The number of carbonyl (C=O) groups is 2. The van der Waals surface area contributed by atoms with E-state index in [1.165, 1.54) is 6.92 Å². The summed E-state index contributed by atoms with van der Waals surface area (Å²) in [6, 6.07) is 7.01. The van der Waals surface area contributed by atoms with Crippen molar-refractivity contribution in [2.45, 2.75) is 19.4 Å². The molecule has 6 heteroatoms. The van der Waals surface area contributed by atoms with E-state index in [0.717, 1.165) is 6.54 Å². The zero-order valence-corrected chi connectivity index (χ0v) is 12.2. The molecule has 20 heavy (non-hydrogen) atoms. The maximum atomic E-state index is 11.9. The van der Waals surface area contributed by atoms with Gasteiger partial charge in [0.2, 0.25) is 5.91 Å². The lowest BCUT2D eigenvalue weighted by atomic mass is 10.1. The van der Waals surface area contributed by atoms with Crippen molar-refractivity contribution in [3.63, 3.8) is 0 Å². The Bertz CT molecular complexity index is 473. The van der Waals surface area contributed by atoms with Crippen LogP contribution in [0.1, 0.15) is 23.7 Å². The maximum Gasteiger partial charge on any atom is 0.226 e. The lowest BCUT2D eigenvalue weighted by molar-refractivity contribution is -0.117. The molecule has 1 fully saturated rings. The van der Waals surface area contributed by atoms with Gasteiger partial charge in [0.1, 0.15) is 0 Å². The van der Waals surface area contributed by atoms with Crippen LogP contribution in [0.25, 0.3) is 0 Å².